The number of rotatable bonds is 15. The molecule has 2 aliphatic heterocycles. The summed E-state index contributed by atoms with van der Waals surface area (Å²) in [6, 6.07) is 5.96. The minimum atomic E-state index is -0.949. The summed E-state index contributed by atoms with van der Waals surface area (Å²) in [5.41, 5.74) is 10.9. The van der Waals surface area contributed by atoms with Gasteiger partial charge in [0, 0.05) is 71.8 Å². The third-order valence-electron chi connectivity index (χ3n) is 10.4. The fourth-order valence-corrected chi connectivity index (χ4v) is 7.38. The number of fused-ring (bicyclic) bond motifs is 8. The zero-order valence-corrected chi connectivity index (χ0v) is 31.7. The lowest BCUT2D eigenvalue weighted by molar-refractivity contribution is -0.140. The van der Waals surface area contributed by atoms with Crippen molar-refractivity contribution in [2.24, 2.45) is 0 Å². The van der Waals surface area contributed by atoms with Crippen LogP contribution in [-0.4, -0.2) is 95.2 Å². The third-order valence-corrected chi connectivity index (χ3v) is 10.4. The molecule has 0 fully saturated rings. The number of methoxy groups -OCH3 is 2. The third kappa shape index (κ3) is 8.37. The van der Waals surface area contributed by atoms with E-state index < -0.39 is 17.9 Å². The lowest BCUT2D eigenvalue weighted by atomic mass is 9.84. The molecular formula is C40H51N5O8. The Kier molecular flexibility index (Phi) is 12.9. The molecule has 0 saturated heterocycles. The number of hydrogen-bond acceptors (Lipinski definition) is 9. The number of carboxylic acid groups (broad SMARTS) is 1. The summed E-state index contributed by atoms with van der Waals surface area (Å²) in [4.78, 5) is 56.6. The molecule has 53 heavy (non-hydrogen) atoms. The first kappa shape index (κ1) is 39.4. The molecule has 5 heterocycles. The highest BCUT2D eigenvalue weighted by Gasteiger charge is 2.35. The SMILES string of the molecule is CCc1c(C)c2cc3[nH]c(cc4nc(c(CC(=O)OC)c5nc(cc1[nH]2)C(C)=C5C(=O)NCCOCCOC)C(CCC(=O)O)C4C)c(C)c3CCO. The van der Waals surface area contributed by atoms with E-state index in [9.17, 15) is 24.6 Å². The molecule has 2 atom stereocenters. The van der Waals surface area contributed by atoms with E-state index in [1.165, 1.54) is 7.11 Å². The summed E-state index contributed by atoms with van der Waals surface area (Å²) in [7, 11) is 2.89. The smallest absolute Gasteiger partial charge is 0.310 e. The predicted octanol–water partition coefficient (Wildman–Crippen LogP) is 5.21. The number of carbonyl (C=O) groups excluding carboxylic acids is 2. The van der Waals surface area contributed by atoms with Gasteiger partial charge in [-0.25, -0.2) is 4.98 Å². The van der Waals surface area contributed by atoms with E-state index in [-0.39, 0.29) is 50.8 Å². The summed E-state index contributed by atoms with van der Waals surface area (Å²) < 4.78 is 15.8. The van der Waals surface area contributed by atoms with Gasteiger partial charge in [-0.15, -0.1) is 0 Å². The Bertz CT molecular complexity index is 2080. The second-order valence-corrected chi connectivity index (χ2v) is 13.6. The van der Waals surface area contributed by atoms with Crippen LogP contribution < -0.4 is 5.32 Å². The van der Waals surface area contributed by atoms with Gasteiger partial charge >= 0.3 is 11.9 Å². The van der Waals surface area contributed by atoms with Crippen LogP contribution in [0, 0.1) is 13.8 Å². The summed E-state index contributed by atoms with van der Waals surface area (Å²) in [6.45, 7) is 11.3. The number of carbonyl (C=O) groups is 3. The number of ether oxygens (including phenoxy) is 3. The standard InChI is InChI=1S/C40H51N5O8/c1-8-25-21(2)30-19-34-26(11-13-46)22(3)29(43-34)18-31-23(4)27(9-10-35(47)48)38(44-31)28(17-36(49)52-7)39-37(24(5)32(45-39)20-33(25)42-30)40(50)41-12-14-53-16-15-51-6/h18-20,23,27,42-43,46H,8-17H2,1-7H3,(H,41,50)(H,47,48). The monoisotopic (exact) mass is 729 g/mol. The highest BCUT2D eigenvalue weighted by atomic mass is 16.5. The normalized spacial score (nSPS) is 15.5. The lowest BCUT2D eigenvalue weighted by Gasteiger charge is -2.18. The average Bonchev–Trinajstić information content (AvgIpc) is 3.81. The van der Waals surface area contributed by atoms with Crippen molar-refractivity contribution >= 4 is 51.1 Å². The molecule has 2 aliphatic rings. The molecule has 3 aromatic heterocycles. The number of aromatic amines is 2. The average molecular weight is 730 g/mol. The molecule has 1 amide bonds. The number of allylic oxidation sites excluding steroid dienone is 1. The highest BCUT2D eigenvalue weighted by Crippen LogP contribution is 2.44. The van der Waals surface area contributed by atoms with E-state index in [0.29, 0.717) is 59.1 Å². The quantitative estimate of drug-likeness (QED) is 0.103. The number of aliphatic hydroxyl groups excluding tert-OH is 1. The second kappa shape index (κ2) is 17.3. The maximum Gasteiger partial charge on any atom is 0.310 e. The van der Waals surface area contributed by atoms with Gasteiger partial charge in [0.05, 0.1) is 56.0 Å². The van der Waals surface area contributed by atoms with Crippen molar-refractivity contribution in [3.05, 3.63) is 68.8 Å². The number of carboxylic acids is 1. The summed E-state index contributed by atoms with van der Waals surface area (Å²) in [5, 5.41) is 22.7. The maximum atomic E-state index is 14.1. The van der Waals surface area contributed by atoms with Gasteiger partial charge in [0.1, 0.15) is 0 Å². The second-order valence-electron chi connectivity index (χ2n) is 13.6. The number of esters is 1. The van der Waals surface area contributed by atoms with Gasteiger partial charge in [0.2, 0.25) is 0 Å². The van der Waals surface area contributed by atoms with Gasteiger partial charge in [-0.3, -0.25) is 19.4 Å². The first-order valence-electron chi connectivity index (χ1n) is 18.1. The number of nitrogens with one attached hydrogen (secondary N) is 3. The van der Waals surface area contributed by atoms with Gasteiger partial charge in [-0.2, -0.15) is 0 Å². The van der Waals surface area contributed by atoms with E-state index in [4.69, 9.17) is 24.2 Å². The van der Waals surface area contributed by atoms with E-state index in [1.807, 2.05) is 32.9 Å². The van der Waals surface area contributed by atoms with Crippen molar-refractivity contribution in [2.75, 3.05) is 47.2 Å². The van der Waals surface area contributed by atoms with Crippen LogP contribution in [0.3, 0.4) is 0 Å². The van der Waals surface area contributed by atoms with Gasteiger partial charge in [0.15, 0.2) is 0 Å². The van der Waals surface area contributed by atoms with Crippen LogP contribution in [0.1, 0.15) is 96.0 Å². The van der Waals surface area contributed by atoms with Crippen molar-refractivity contribution in [2.45, 2.75) is 78.6 Å². The lowest BCUT2D eigenvalue weighted by Crippen LogP contribution is -2.29. The van der Waals surface area contributed by atoms with Gasteiger partial charge < -0.3 is 39.7 Å². The van der Waals surface area contributed by atoms with E-state index in [1.54, 1.807) is 7.11 Å². The van der Waals surface area contributed by atoms with Crippen molar-refractivity contribution in [1.29, 1.82) is 0 Å². The van der Waals surface area contributed by atoms with Crippen LogP contribution in [0.2, 0.25) is 0 Å². The fraction of sp³-hybridized carbons (Fsp3) is 0.475. The molecule has 13 nitrogen and oxygen atoms in total. The molecule has 0 aliphatic carbocycles. The number of amides is 1. The van der Waals surface area contributed by atoms with E-state index in [0.717, 1.165) is 50.7 Å². The molecule has 13 heteroatoms. The number of H-pyrrole nitrogens is 2. The minimum absolute atomic E-state index is 0.0267. The Hall–Kier alpha value is -4.85. The van der Waals surface area contributed by atoms with Crippen LogP contribution in [-0.2, 0) is 47.9 Å². The molecule has 0 aromatic carbocycles. The number of aromatic nitrogens is 4. The summed E-state index contributed by atoms with van der Waals surface area (Å²) in [5.74, 6) is -2.53. The van der Waals surface area contributed by atoms with Gasteiger partial charge in [-0.1, -0.05) is 13.8 Å². The van der Waals surface area contributed by atoms with Crippen molar-refractivity contribution in [3.63, 3.8) is 0 Å². The number of aliphatic hydroxyl groups is 1. The predicted molar refractivity (Wildman–Crippen MR) is 203 cm³/mol. The topological polar surface area (TPSA) is 189 Å². The number of nitrogens with zero attached hydrogens (tertiary/aromatic N) is 2. The molecule has 0 spiro atoms. The van der Waals surface area contributed by atoms with Crippen LogP contribution in [0.15, 0.2) is 18.2 Å². The fourth-order valence-electron chi connectivity index (χ4n) is 7.38. The van der Waals surface area contributed by atoms with Crippen LogP contribution in [0.25, 0.3) is 33.2 Å². The van der Waals surface area contributed by atoms with E-state index in [2.05, 4.69) is 35.2 Å². The van der Waals surface area contributed by atoms with Gasteiger partial charge in [-0.05, 0) is 86.1 Å². The zero-order valence-electron chi connectivity index (χ0n) is 31.7. The highest BCUT2D eigenvalue weighted by molar-refractivity contribution is 6.27. The van der Waals surface area contributed by atoms with Gasteiger partial charge in [0.25, 0.3) is 5.91 Å². The van der Waals surface area contributed by atoms with Crippen LogP contribution in [0.5, 0.6) is 0 Å². The first-order valence-corrected chi connectivity index (χ1v) is 18.1. The molecular weight excluding hydrogens is 678 g/mol. The minimum Gasteiger partial charge on any atom is -0.481 e. The number of aryl methyl sites for hydroxylation is 3. The van der Waals surface area contributed by atoms with Crippen molar-refractivity contribution < 1.29 is 38.8 Å². The van der Waals surface area contributed by atoms with Crippen LogP contribution in [0.4, 0.5) is 0 Å². The molecule has 5 rings (SSSR count). The Labute approximate surface area is 309 Å². The molecule has 8 bridgehead atoms. The summed E-state index contributed by atoms with van der Waals surface area (Å²) >= 11 is 0. The maximum absolute atomic E-state index is 14.1. The molecule has 3 aromatic rings. The molecule has 2 unspecified atom stereocenters. The Balaban J connectivity index is 1.90. The molecule has 284 valence electrons. The Morgan fingerprint density at radius 3 is 2.26 bits per heavy atom. The number of hydrogen-bond donors (Lipinski definition) is 5. The molecule has 0 radical (unpaired) electrons. The number of aliphatic carboxylic acids is 1. The Morgan fingerprint density at radius 1 is 0.906 bits per heavy atom. The molecule has 0 saturated carbocycles. The largest absolute Gasteiger partial charge is 0.481 e. The van der Waals surface area contributed by atoms with Crippen LogP contribution >= 0.6 is 0 Å². The summed E-state index contributed by atoms with van der Waals surface area (Å²) in [6.07, 6.45) is 1.07. The Morgan fingerprint density at radius 2 is 1.60 bits per heavy atom. The molecule has 5 N–H and O–H groups in total. The first-order chi connectivity index (χ1) is 25.4. The van der Waals surface area contributed by atoms with E-state index >= 15 is 0 Å². The zero-order chi connectivity index (χ0) is 38.4. The van der Waals surface area contributed by atoms with Crippen molar-refractivity contribution in [3.8, 4) is 0 Å². The van der Waals surface area contributed by atoms with Crippen molar-refractivity contribution in [1.82, 2.24) is 25.3 Å².